The molecule has 0 saturated carbocycles. The van der Waals surface area contributed by atoms with Gasteiger partial charge in [0.1, 0.15) is 11.6 Å². The molecule has 0 aliphatic heterocycles. The van der Waals surface area contributed by atoms with E-state index < -0.39 is 23.6 Å². The van der Waals surface area contributed by atoms with Crippen LogP contribution in [0, 0.1) is 0 Å². The molecule has 176 valence electrons. The molecule has 1 aromatic carbocycles. The summed E-state index contributed by atoms with van der Waals surface area (Å²) in [7, 11) is 1.78. The number of pyridine rings is 1. The van der Waals surface area contributed by atoms with Gasteiger partial charge in [0.25, 0.3) is 5.78 Å². The van der Waals surface area contributed by atoms with Crippen LogP contribution in [-0.4, -0.2) is 47.2 Å². The molecular weight excluding hydrogens is 443 g/mol. The fraction of sp³-hybridized carbons (Fsp3) is 0.364. The number of aromatic nitrogens is 2. The predicted octanol–water partition coefficient (Wildman–Crippen LogP) is 4.37. The van der Waals surface area contributed by atoms with Crippen molar-refractivity contribution in [3.8, 4) is 5.75 Å². The SMILES string of the molecule is CCCc1c(OCCCN(C)c2ccc(C(=O)C(=O)O)cn2)ccc2c(C(F)(F)F)noc12. The molecule has 0 fully saturated rings. The molecule has 0 aliphatic carbocycles. The molecular formula is C22H22F3N3O5. The van der Waals surface area contributed by atoms with Gasteiger partial charge < -0.3 is 19.3 Å². The predicted molar refractivity (Wildman–Crippen MR) is 113 cm³/mol. The molecule has 3 aromatic rings. The van der Waals surface area contributed by atoms with E-state index in [1.54, 1.807) is 18.0 Å². The maximum atomic E-state index is 13.1. The van der Waals surface area contributed by atoms with Crippen LogP contribution in [0.25, 0.3) is 11.0 Å². The quantitative estimate of drug-likeness (QED) is 0.267. The first kappa shape index (κ1) is 24.0. The first-order chi connectivity index (χ1) is 15.6. The summed E-state index contributed by atoms with van der Waals surface area (Å²) in [4.78, 5) is 28.1. The summed E-state index contributed by atoms with van der Waals surface area (Å²) in [5, 5.41) is 11.9. The van der Waals surface area contributed by atoms with Crippen LogP contribution >= 0.6 is 0 Å². The second-order valence-electron chi connectivity index (χ2n) is 7.36. The van der Waals surface area contributed by atoms with Crippen molar-refractivity contribution in [3.05, 3.63) is 47.3 Å². The number of carbonyl (C=O) groups is 2. The molecule has 0 atom stereocenters. The van der Waals surface area contributed by atoms with Gasteiger partial charge in [-0.3, -0.25) is 4.79 Å². The number of halogens is 3. The minimum absolute atomic E-state index is 0.0112. The number of ketones is 1. The van der Waals surface area contributed by atoms with Crippen molar-refractivity contribution in [2.75, 3.05) is 25.1 Å². The van der Waals surface area contributed by atoms with Crippen LogP contribution in [0.2, 0.25) is 0 Å². The highest BCUT2D eigenvalue weighted by atomic mass is 19.4. The molecule has 0 amide bonds. The Hall–Kier alpha value is -3.63. The van der Waals surface area contributed by atoms with E-state index in [2.05, 4.69) is 10.1 Å². The van der Waals surface area contributed by atoms with Gasteiger partial charge in [0.2, 0.25) is 0 Å². The lowest BCUT2D eigenvalue weighted by molar-refractivity contribution is -0.141. The minimum Gasteiger partial charge on any atom is -0.493 e. The summed E-state index contributed by atoms with van der Waals surface area (Å²) < 4.78 is 50.2. The number of hydrogen-bond acceptors (Lipinski definition) is 7. The molecule has 0 spiro atoms. The Bertz CT molecular complexity index is 1140. The van der Waals surface area contributed by atoms with Crippen molar-refractivity contribution in [1.82, 2.24) is 10.1 Å². The number of rotatable bonds is 10. The topological polar surface area (TPSA) is 106 Å². The minimum atomic E-state index is -4.60. The summed E-state index contributed by atoms with van der Waals surface area (Å²) >= 11 is 0. The van der Waals surface area contributed by atoms with Crippen molar-refractivity contribution < 1.29 is 37.1 Å². The number of carboxylic acid groups (broad SMARTS) is 1. The van der Waals surface area contributed by atoms with Gasteiger partial charge in [-0.05, 0) is 37.1 Å². The number of Topliss-reactive ketones (excluding diaryl/α,β-unsaturated/α-hetero) is 1. The van der Waals surface area contributed by atoms with E-state index >= 15 is 0 Å². The van der Waals surface area contributed by atoms with Crippen LogP contribution in [0.5, 0.6) is 5.75 Å². The second kappa shape index (κ2) is 9.88. The Labute approximate surface area is 186 Å². The number of benzene rings is 1. The molecule has 0 aliphatic rings. The first-order valence-electron chi connectivity index (χ1n) is 10.2. The molecule has 2 heterocycles. The van der Waals surface area contributed by atoms with Gasteiger partial charge in [-0.25, -0.2) is 9.78 Å². The molecule has 1 N–H and O–H groups in total. The lowest BCUT2D eigenvalue weighted by Gasteiger charge is -2.18. The van der Waals surface area contributed by atoms with Crippen LogP contribution in [0.15, 0.2) is 35.0 Å². The molecule has 11 heteroatoms. The number of nitrogens with zero attached hydrogens (tertiary/aromatic N) is 3. The van der Waals surface area contributed by atoms with Gasteiger partial charge in [-0.1, -0.05) is 18.5 Å². The van der Waals surface area contributed by atoms with E-state index in [1.807, 2.05) is 6.92 Å². The van der Waals surface area contributed by atoms with Crippen molar-refractivity contribution in [2.45, 2.75) is 32.4 Å². The number of hydrogen-bond donors (Lipinski definition) is 1. The molecule has 0 saturated heterocycles. The Balaban J connectivity index is 1.63. The maximum Gasteiger partial charge on any atom is 0.437 e. The van der Waals surface area contributed by atoms with Crippen LogP contribution in [0.4, 0.5) is 19.0 Å². The number of aryl methyl sites for hydroxylation is 1. The lowest BCUT2D eigenvalue weighted by atomic mass is 10.0. The van der Waals surface area contributed by atoms with Crippen LogP contribution in [0.3, 0.4) is 0 Å². The highest BCUT2D eigenvalue weighted by Gasteiger charge is 2.37. The summed E-state index contributed by atoms with van der Waals surface area (Å²) in [5.41, 5.74) is -0.430. The number of alkyl halides is 3. The largest absolute Gasteiger partial charge is 0.493 e. The van der Waals surface area contributed by atoms with Gasteiger partial charge in [-0.2, -0.15) is 13.2 Å². The highest BCUT2D eigenvalue weighted by molar-refractivity contribution is 6.39. The third kappa shape index (κ3) is 5.41. The highest BCUT2D eigenvalue weighted by Crippen LogP contribution is 2.38. The fourth-order valence-corrected chi connectivity index (χ4v) is 3.34. The van der Waals surface area contributed by atoms with E-state index in [-0.39, 0.29) is 16.5 Å². The number of carboxylic acids is 1. The zero-order valence-corrected chi connectivity index (χ0v) is 18.0. The average molecular weight is 465 g/mol. The summed E-state index contributed by atoms with van der Waals surface area (Å²) in [6, 6.07) is 5.75. The Kier molecular flexibility index (Phi) is 7.19. The van der Waals surface area contributed by atoms with E-state index in [4.69, 9.17) is 14.4 Å². The molecule has 0 bridgehead atoms. The number of fused-ring (bicyclic) bond motifs is 1. The maximum absolute atomic E-state index is 13.1. The summed E-state index contributed by atoms with van der Waals surface area (Å²) in [6.07, 6.45) is -1.66. The molecule has 33 heavy (non-hydrogen) atoms. The van der Waals surface area contributed by atoms with Crippen molar-refractivity contribution in [1.29, 1.82) is 0 Å². The third-order valence-electron chi connectivity index (χ3n) is 4.96. The van der Waals surface area contributed by atoms with E-state index in [0.29, 0.717) is 49.5 Å². The summed E-state index contributed by atoms with van der Waals surface area (Å²) in [6.45, 7) is 2.73. The third-order valence-corrected chi connectivity index (χ3v) is 4.96. The van der Waals surface area contributed by atoms with Crippen LogP contribution < -0.4 is 9.64 Å². The molecule has 3 rings (SSSR count). The lowest BCUT2D eigenvalue weighted by Crippen LogP contribution is -2.22. The van der Waals surface area contributed by atoms with Gasteiger partial charge in [-0.15, -0.1) is 0 Å². The molecule has 0 radical (unpaired) electrons. The van der Waals surface area contributed by atoms with E-state index in [0.717, 1.165) is 0 Å². The van der Waals surface area contributed by atoms with Gasteiger partial charge >= 0.3 is 12.1 Å². The smallest absolute Gasteiger partial charge is 0.437 e. The molecule has 8 nitrogen and oxygen atoms in total. The zero-order valence-electron chi connectivity index (χ0n) is 18.0. The Morgan fingerprint density at radius 3 is 2.58 bits per heavy atom. The number of carbonyl (C=O) groups excluding carboxylic acids is 1. The van der Waals surface area contributed by atoms with Crippen LogP contribution in [0.1, 0.15) is 41.4 Å². The van der Waals surface area contributed by atoms with Crippen LogP contribution in [-0.2, 0) is 17.4 Å². The molecule has 2 aromatic heterocycles. The van der Waals surface area contributed by atoms with Gasteiger partial charge in [0, 0.05) is 30.9 Å². The van der Waals surface area contributed by atoms with Crippen molar-refractivity contribution in [3.63, 3.8) is 0 Å². The van der Waals surface area contributed by atoms with Gasteiger partial charge in [0.15, 0.2) is 11.3 Å². The molecule has 0 unspecified atom stereocenters. The zero-order chi connectivity index (χ0) is 24.2. The first-order valence-corrected chi connectivity index (χ1v) is 10.2. The van der Waals surface area contributed by atoms with E-state index in [1.165, 1.54) is 24.4 Å². The fourth-order valence-electron chi connectivity index (χ4n) is 3.34. The second-order valence-corrected chi connectivity index (χ2v) is 7.36. The Morgan fingerprint density at radius 2 is 1.97 bits per heavy atom. The number of aliphatic carboxylic acids is 1. The standard InChI is InChI=1S/C22H22F3N3O5/c1-3-5-14-16(8-7-15-19(14)33-27-20(15)22(23,24)25)32-11-4-10-28(2)17-9-6-13(12-26-17)18(29)21(30)31/h6-9,12H,3-5,10-11H2,1-2H3,(H,30,31). The number of ether oxygens (including phenoxy) is 1. The Morgan fingerprint density at radius 1 is 1.21 bits per heavy atom. The van der Waals surface area contributed by atoms with E-state index in [9.17, 15) is 22.8 Å². The normalized spacial score (nSPS) is 11.5. The number of anilines is 1. The van der Waals surface area contributed by atoms with Crippen molar-refractivity contribution >= 4 is 28.5 Å². The average Bonchev–Trinajstić information content (AvgIpc) is 3.22. The van der Waals surface area contributed by atoms with Gasteiger partial charge in [0.05, 0.1) is 12.0 Å². The monoisotopic (exact) mass is 465 g/mol. The summed E-state index contributed by atoms with van der Waals surface area (Å²) in [5.74, 6) is -1.58. The van der Waals surface area contributed by atoms with Crippen molar-refractivity contribution in [2.24, 2.45) is 0 Å².